The first-order chi connectivity index (χ1) is 15.0. The number of aromatic amines is 4. The molecule has 0 fully saturated rings. The molecular formula is C22H15N7O2. The Morgan fingerprint density at radius 3 is 1.97 bits per heavy atom. The van der Waals surface area contributed by atoms with E-state index in [0.29, 0.717) is 17.2 Å². The number of benzene rings is 3. The van der Waals surface area contributed by atoms with Crippen LogP contribution in [0.4, 0.5) is 0 Å². The van der Waals surface area contributed by atoms with Gasteiger partial charge >= 0.3 is 5.69 Å². The van der Waals surface area contributed by atoms with Gasteiger partial charge in [0.2, 0.25) is 5.91 Å². The predicted octanol–water partition coefficient (Wildman–Crippen LogP) is 3.04. The number of hydrogen-bond donors (Lipinski definition) is 5. The fourth-order valence-electron chi connectivity index (χ4n) is 3.77. The van der Waals surface area contributed by atoms with Gasteiger partial charge in [-0.05, 0) is 54.6 Å². The Hall–Kier alpha value is -4.66. The maximum atomic E-state index is 11.5. The van der Waals surface area contributed by atoms with E-state index in [1.807, 2.05) is 36.4 Å². The molecule has 0 aliphatic rings. The number of nitrogens with two attached hydrogens (primary N) is 1. The average Bonchev–Trinajstić information content (AvgIpc) is 3.46. The molecule has 6 N–H and O–H groups in total. The van der Waals surface area contributed by atoms with Gasteiger partial charge in [0.15, 0.2) is 0 Å². The number of aromatic nitrogens is 6. The van der Waals surface area contributed by atoms with Crippen LogP contribution in [0.5, 0.6) is 0 Å². The van der Waals surface area contributed by atoms with Gasteiger partial charge in [0.1, 0.15) is 11.6 Å². The fourth-order valence-corrected chi connectivity index (χ4v) is 3.77. The molecule has 9 nitrogen and oxygen atoms in total. The average molecular weight is 409 g/mol. The number of nitrogens with one attached hydrogen (secondary N) is 4. The van der Waals surface area contributed by atoms with E-state index in [0.717, 1.165) is 44.2 Å². The van der Waals surface area contributed by atoms with Crippen LogP contribution in [0.2, 0.25) is 0 Å². The molecule has 0 atom stereocenters. The van der Waals surface area contributed by atoms with Crippen LogP contribution >= 0.6 is 0 Å². The number of carbonyl (C=O) groups excluding carboxylic acids is 1. The summed E-state index contributed by atoms with van der Waals surface area (Å²) in [7, 11) is 0. The normalized spacial score (nSPS) is 11.6. The molecule has 6 rings (SSSR count). The Morgan fingerprint density at radius 1 is 0.677 bits per heavy atom. The lowest BCUT2D eigenvalue weighted by Gasteiger charge is -1.97. The second-order valence-electron chi connectivity index (χ2n) is 7.34. The van der Waals surface area contributed by atoms with Gasteiger partial charge in [-0.3, -0.25) is 4.79 Å². The van der Waals surface area contributed by atoms with Crippen LogP contribution < -0.4 is 11.4 Å². The number of primary amides is 1. The van der Waals surface area contributed by atoms with E-state index >= 15 is 0 Å². The second-order valence-corrected chi connectivity index (χ2v) is 7.34. The standard InChI is InChI=1S/C22H15N7O2/c23-19(30)10-1-4-13-16(7-10)26-20(24-13)11-2-5-14-17(8-11)27-21(25-14)12-3-6-15-18(9-12)29-22(31)28-15/h1-9H,(H2,23,30)(H,24,26)(H,25,27)(H2,28,29,31). The summed E-state index contributed by atoms with van der Waals surface area (Å²) in [6, 6.07) is 16.6. The third-order valence-corrected chi connectivity index (χ3v) is 5.31. The van der Waals surface area contributed by atoms with Crippen LogP contribution in [0.3, 0.4) is 0 Å². The Labute approximate surface area is 173 Å². The van der Waals surface area contributed by atoms with Crippen molar-refractivity contribution in [2.24, 2.45) is 5.73 Å². The predicted molar refractivity (Wildman–Crippen MR) is 118 cm³/mol. The molecule has 9 heteroatoms. The summed E-state index contributed by atoms with van der Waals surface area (Å²) in [4.78, 5) is 44.3. The number of carbonyl (C=O) groups is 1. The molecule has 3 heterocycles. The first kappa shape index (κ1) is 17.2. The molecule has 6 aromatic rings. The van der Waals surface area contributed by atoms with Gasteiger partial charge in [-0.15, -0.1) is 0 Å². The number of rotatable bonds is 3. The van der Waals surface area contributed by atoms with Crippen molar-refractivity contribution in [1.82, 2.24) is 29.9 Å². The third-order valence-electron chi connectivity index (χ3n) is 5.31. The lowest BCUT2D eigenvalue weighted by molar-refractivity contribution is 0.100. The molecule has 0 radical (unpaired) electrons. The van der Waals surface area contributed by atoms with Crippen molar-refractivity contribution in [3.63, 3.8) is 0 Å². The number of nitrogens with zero attached hydrogens (tertiary/aromatic N) is 2. The van der Waals surface area contributed by atoms with E-state index in [4.69, 9.17) is 5.73 Å². The molecule has 3 aromatic heterocycles. The van der Waals surface area contributed by atoms with Crippen molar-refractivity contribution in [2.75, 3.05) is 0 Å². The molecule has 31 heavy (non-hydrogen) atoms. The van der Waals surface area contributed by atoms with Crippen LogP contribution in [0.25, 0.3) is 55.9 Å². The molecule has 1 amide bonds. The van der Waals surface area contributed by atoms with Crippen molar-refractivity contribution in [2.45, 2.75) is 0 Å². The van der Waals surface area contributed by atoms with Gasteiger partial charge in [0.05, 0.1) is 33.1 Å². The van der Waals surface area contributed by atoms with E-state index in [1.54, 1.807) is 18.2 Å². The highest BCUT2D eigenvalue weighted by molar-refractivity contribution is 5.96. The van der Waals surface area contributed by atoms with Gasteiger partial charge < -0.3 is 25.7 Å². The zero-order valence-electron chi connectivity index (χ0n) is 16.0. The van der Waals surface area contributed by atoms with Crippen molar-refractivity contribution in [3.05, 3.63) is 70.6 Å². The van der Waals surface area contributed by atoms with Gasteiger partial charge in [-0.25, -0.2) is 14.8 Å². The summed E-state index contributed by atoms with van der Waals surface area (Å²) >= 11 is 0. The Balaban J connectivity index is 1.42. The van der Waals surface area contributed by atoms with Gasteiger partial charge in [0, 0.05) is 16.7 Å². The number of fused-ring (bicyclic) bond motifs is 3. The monoisotopic (exact) mass is 409 g/mol. The van der Waals surface area contributed by atoms with E-state index in [2.05, 4.69) is 29.9 Å². The van der Waals surface area contributed by atoms with Crippen LogP contribution in [0, 0.1) is 0 Å². The van der Waals surface area contributed by atoms with Crippen LogP contribution in [-0.4, -0.2) is 35.8 Å². The quantitative estimate of drug-likeness (QED) is 0.305. The SMILES string of the molecule is NC(=O)c1ccc2nc(-c3ccc4nc(-c5ccc6[nH]c(=O)[nH]c6c5)[nH]c4c3)[nH]c2c1. The second kappa shape index (κ2) is 6.17. The largest absolute Gasteiger partial charge is 0.366 e. The molecule has 0 bridgehead atoms. The lowest BCUT2D eigenvalue weighted by Crippen LogP contribution is -2.10. The summed E-state index contributed by atoms with van der Waals surface area (Å²) in [6.45, 7) is 0. The van der Waals surface area contributed by atoms with E-state index < -0.39 is 5.91 Å². The molecular weight excluding hydrogens is 394 g/mol. The highest BCUT2D eigenvalue weighted by Gasteiger charge is 2.11. The maximum absolute atomic E-state index is 11.5. The zero-order valence-corrected chi connectivity index (χ0v) is 16.0. The minimum absolute atomic E-state index is 0.241. The molecule has 0 spiro atoms. The third kappa shape index (κ3) is 2.79. The number of imidazole rings is 3. The first-order valence-electron chi connectivity index (χ1n) is 9.56. The number of H-pyrrole nitrogens is 4. The summed E-state index contributed by atoms with van der Waals surface area (Å²) < 4.78 is 0. The molecule has 3 aromatic carbocycles. The van der Waals surface area contributed by atoms with Gasteiger partial charge in [-0.1, -0.05) is 0 Å². The summed E-state index contributed by atoms with van der Waals surface area (Å²) in [5.41, 5.74) is 11.9. The highest BCUT2D eigenvalue weighted by atomic mass is 16.1. The first-order valence-corrected chi connectivity index (χ1v) is 9.56. The molecule has 0 aliphatic heterocycles. The smallest absolute Gasteiger partial charge is 0.323 e. The van der Waals surface area contributed by atoms with Crippen LogP contribution in [0.1, 0.15) is 10.4 Å². The van der Waals surface area contributed by atoms with Gasteiger partial charge in [-0.2, -0.15) is 0 Å². The molecule has 0 saturated carbocycles. The Morgan fingerprint density at radius 2 is 1.26 bits per heavy atom. The van der Waals surface area contributed by atoms with Crippen LogP contribution in [-0.2, 0) is 0 Å². The highest BCUT2D eigenvalue weighted by Crippen LogP contribution is 2.27. The zero-order chi connectivity index (χ0) is 21.1. The summed E-state index contributed by atoms with van der Waals surface area (Å²) in [6.07, 6.45) is 0. The Bertz CT molecular complexity index is 1700. The molecule has 0 aliphatic carbocycles. The summed E-state index contributed by atoms with van der Waals surface area (Å²) in [5.74, 6) is 0.902. The molecule has 0 saturated heterocycles. The Kier molecular flexibility index (Phi) is 3.43. The van der Waals surface area contributed by atoms with Crippen molar-refractivity contribution >= 4 is 39.0 Å². The minimum atomic E-state index is -0.480. The maximum Gasteiger partial charge on any atom is 0.323 e. The van der Waals surface area contributed by atoms with Gasteiger partial charge in [0.25, 0.3) is 0 Å². The van der Waals surface area contributed by atoms with Crippen LogP contribution in [0.15, 0.2) is 59.4 Å². The van der Waals surface area contributed by atoms with E-state index in [9.17, 15) is 9.59 Å². The molecule has 150 valence electrons. The lowest BCUT2D eigenvalue weighted by atomic mass is 10.2. The molecule has 0 unspecified atom stereocenters. The minimum Gasteiger partial charge on any atom is -0.366 e. The van der Waals surface area contributed by atoms with Crippen molar-refractivity contribution in [3.8, 4) is 22.8 Å². The summed E-state index contributed by atoms with van der Waals surface area (Å²) in [5, 5.41) is 0. The number of hydrogen-bond acceptors (Lipinski definition) is 4. The van der Waals surface area contributed by atoms with E-state index in [-0.39, 0.29) is 5.69 Å². The van der Waals surface area contributed by atoms with Crippen molar-refractivity contribution < 1.29 is 4.79 Å². The topological polar surface area (TPSA) is 149 Å². The van der Waals surface area contributed by atoms with Crippen molar-refractivity contribution in [1.29, 1.82) is 0 Å². The fraction of sp³-hybridized carbons (Fsp3) is 0. The van der Waals surface area contributed by atoms with E-state index in [1.165, 1.54) is 0 Å². The number of amides is 1.